The third-order valence-electron chi connectivity index (χ3n) is 2.82. The van der Waals surface area contributed by atoms with E-state index in [0.29, 0.717) is 10.8 Å². The van der Waals surface area contributed by atoms with Gasteiger partial charge in [0.05, 0.1) is 15.9 Å². The molecule has 0 radical (unpaired) electrons. The number of hydrogen-bond acceptors (Lipinski definition) is 5. The summed E-state index contributed by atoms with van der Waals surface area (Å²) in [6.45, 7) is 2.02. The van der Waals surface area contributed by atoms with Crippen molar-refractivity contribution in [3.8, 4) is 0 Å². The number of benzene rings is 1. The van der Waals surface area contributed by atoms with Gasteiger partial charge in [0.1, 0.15) is 0 Å². The SMILES string of the molecule is Cc1ccc2nc(NC(=O)c3ncccc3N)sc2c1. The third kappa shape index (κ3) is 2.33. The Balaban J connectivity index is 1.89. The van der Waals surface area contributed by atoms with Gasteiger partial charge in [-0.1, -0.05) is 17.4 Å². The standard InChI is InChI=1S/C14H12N4OS/c1-8-4-5-10-11(7-8)20-14(17-10)18-13(19)12-9(15)3-2-6-16-12/h2-7H,15H2,1H3,(H,17,18,19). The lowest BCUT2D eigenvalue weighted by Crippen LogP contribution is -2.15. The van der Waals surface area contributed by atoms with E-state index in [4.69, 9.17) is 5.73 Å². The maximum absolute atomic E-state index is 12.1. The minimum atomic E-state index is -0.348. The number of aromatic nitrogens is 2. The van der Waals surface area contributed by atoms with Crippen LogP contribution in [0.5, 0.6) is 0 Å². The van der Waals surface area contributed by atoms with Crippen LogP contribution in [0, 0.1) is 6.92 Å². The summed E-state index contributed by atoms with van der Waals surface area (Å²) in [5.74, 6) is -0.348. The molecule has 3 rings (SSSR count). The molecule has 0 fully saturated rings. The molecule has 3 N–H and O–H groups in total. The highest BCUT2D eigenvalue weighted by Crippen LogP contribution is 2.27. The van der Waals surface area contributed by atoms with Crippen LogP contribution in [0.1, 0.15) is 16.1 Å². The Labute approximate surface area is 119 Å². The van der Waals surface area contributed by atoms with Crippen LogP contribution in [0.4, 0.5) is 10.8 Å². The van der Waals surface area contributed by atoms with E-state index >= 15 is 0 Å². The van der Waals surface area contributed by atoms with E-state index in [1.54, 1.807) is 12.1 Å². The first-order valence-electron chi connectivity index (χ1n) is 6.02. The number of thiazole rings is 1. The van der Waals surface area contributed by atoms with Crippen LogP contribution in [-0.2, 0) is 0 Å². The summed E-state index contributed by atoms with van der Waals surface area (Å²) in [6.07, 6.45) is 1.53. The second kappa shape index (κ2) is 4.90. The largest absolute Gasteiger partial charge is 0.397 e. The summed E-state index contributed by atoms with van der Waals surface area (Å²) in [6, 6.07) is 9.30. The number of carbonyl (C=O) groups is 1. The number of amides is 1. The van der Waals surface area contributed by atoms with Gasteiger partial charge in [-0.25, -0.2) is 9.97 Å². The second-order valence-electron chi connectivity index (χ2n) is 4.39. The number of anilines is 2. The molecular formula is C14H12N4OS. The molecule has 20 heavy (non-hydrogen) atoms. The zero-order valence-electron chi connectivity index (χ0n) is 10.8. The van der Waals surface area contributed by atoms with Crippen molar-refractivity contribution in [3.63, 3.8) is 0 Å². The molecule has 2 aromatic heterocycles. The minimum Gasteiger partial charge on any atom is -0.397 e. The topological polar surface area (TPSA) is 80.9 Å². The lowest BCUT2D eigenvalue weighted by molar-refractivity contribution is 0.102. The summed E-state index contributed by atoms with van der Waals surface area (Å²) < 4.78 is 1.04. The van der Waals surface area contributed by atoms with Gasteiger partial charge in [-0.15, -0.1) is 0 Å². The number of hydrogen-bond donors (Lipinski definition) is 2. The van der Waals surface area contributed by atoms with Crippen molar-refractivity contribution in [3.05, 3.63) is 47.8 Å². The zero-order chi connectivity index (χ0) is 14.1. The van der Waals surface area contributed by atoms with Crippen LogP contribution >= 0.6 is 11.3 Å². The predicted molar refractivity (Wildman–Crippen MR) is 81.0 cm³/mol. The first-order valence-corrected chi connectivity index (χ1v) is 6.84. The van der Waals surface area contributed by atoms with Crippen LogP contribution in [0.15, 0.2) is 36.5 Å². The summed E-state index contributed by atoms with van der Waals surface area (Å²) >= 11 is 1.43. The molecule has 1 amide bonds. The van der Waals surface area contributed by atoms with Crippen molar-refractivity contribution in [2.75, 3.05) is 11.1 Å². The molecular weight excluding hydrogens is 272 g/mol. The van der Waals surface area contributed by atoms with Gasteiger partial charge in [-0.2, -0.15) is 0 Å². The van der Waals surface area contributed by atoms with Crippen LogP contribution in [0.3, 0.4) is 0 Å². The Kier molecular flexibility index (Phi) is 3.08. The van der Waals surface area contributed by atoms with Gasteiger partial charge < -0.3 is 5.73 Å². The third-order valence-corrected chi connectivity index (χ3v) is 3.75. The van der Waals surface area contributed by atoms with Gasteiger partial charge in [0, 0.05) is 6.20 Å². The Morgan fingerprint density at radius 1 is 1.35 bits per heavy atom. The maximum Gasteiger partial charge on any atom is 0.278 e. The molecule has 0 saturated carbocycles. The molecule has 0 unspecified atom stereocenters. The van der Waals surface area contributed by atoms with Crippen LogP contribution in [0.2, 0.25) is 0 Å². The van der Waals surface area contributed by atoms with Crippen molar-refractivity contribution in [1.82, 2.24) is 9.97 Å². The normalized spacial score (nSPS) is 10.7. The van der Waals surface area contributed by atoms with Gasteiger partial charge in [0.25, 0.3) is 5.91 Å². The molecule has 0 aliphatic carbocycles. The lowest BCUT2D eigenvalue weighted by Gasteiger charge is -2.02. The predicted octanol–water partition coefficient (Wildman–Crippen LogP) is 2.83. The minimum absolute atomic E-state index is 0.211. The fraction of sp³-hybridized carbons (Fsp3) is 0.0714. The fourth-order valence-corrected chi connectivity index (χ4v) is 2.81. The average Bonchev–Trinajstić information content (AvgIpc) is 2.80. The number of aryl methyl sites for hydroxylation is 1. The molecule has 100 valence electrons. The smallest absolute Gasteiger partial charge is 0.278 e. The highest BCUT2D eigenvalue weighted by Gasteiger charge is 2.13. The van der Waals surface area contributed by atoms with Crippen molar-refractivity contribution < 1.29 is 4.79 Å². The molecule has 0 atom stereocenters. The van der Waals surface area contributed by atoms with E-state index in [9.17, 15) is 4.79 Å². The number of pyridine rings is 1. The number of nitrogens with zero attached hydrogens (tertiary/aromatic N) is 2. The molecule has 6 heteroatoms. The Morgan fingerprint density at radius 3 is 3.00 bits per heavy atom. The van der Waals surface area contributed by atoms with E-state index in [0.717, 1.165) is 15.8 Å². The highest BCUT2D eigenvalue weighted by atomic mass is 32.1. The highest BCUT2D eigenvalue weighted by molar-refractivity contribution is 7.22. The molecule has 2 heterocycles. The number of rotatable bonds is 2. The number of nitrogens with one attached hydrogen (secondary N) is 1. The van der Waals surface area contributed by atoms with Crippen LogP contribution in [-0.4, -0.2) is 15.9 Å². The molecule has 0 aliphatic heterocycles. The summed E-state index contributed by atoms with van der Waals surface area (Å²) in [5.41, 5.74) is 8.32. The number of fused-ring (bicyclic) bond motifs is 1. The summed E-state index contributed by atoms with van der Waals surface area (Å²) in [7, 11) is 0. The van der Waals surface area contributed by atoms with Crippen LogP contribution in [0.25, 0.3) is 10.2 Å². The van der Waals surface area contributed by atoms with E-state index in [1.807, 2.05) is 25.1 Å². The Hall–Kier alpha value is -2.47. The van der Waals surface area contributed by atoms with Gasteiger partial charge in [0.15, 0.2) is 10.8 Å². The molecule has 0 bridgehead atoms. The number of carbonyl (C=O) groups excluding carboxylic acids is 1. The van der Waals surface area contributed by atoms with Crippen molar-refractivity contribution in [2.45, 2.75) is 6.92 Å². The first kappa shape index (κ1) is 12.6. The number of nitrogen functional groups attached to an aromatic ring is 1. The molecule has 1 aromatic carbocycles. The van der Waals surface area contributed by atoms with Gasteiger partial charge in [0.2, 0.25) is 0 Å². The van der Waals surface area contributed by atoms with Gasteiger partial charge >= 0.3 is 0 Å². The Bertz CT molecular complexity index is 797. The monoisotopic (exact) mass is 284 g/mol. The first-order chi connectivity index (χ1) is 9.63. The summed E-state index contributed by atoms with van der Waals surface area (Å²) in [4.78, 5) is 20.4. The maximum atomic E-state index is 12.1. The fourth-order valence-electron chi connectivity index (χ4n) is 1.85. The quantitative estimate of drug-likeness (QED) is 0.758. The second-order valence-corrected chi connectivity index (χ2v) is 5.42. The van der Waals surface area contributed by atoms with Gasteiger partial charge in [-0.05, 0) is 36.8 Å². The Morgan fingerprint density at radius 2 is 2.20 bits per heavy atom. The van der Waals surface area contributed by atoms with Crippen molar-refractivity contribution in [2.24, 2.45) is 0 Å². The zero-order valence-corrected chi connectivity index (χ0v) is 11.6. The summed E-state index contributed by atoms with van der Waals surface area (Å²) in [5, 5.41) is 3.28. The average molecular weight is 284 g/mol. The molecule has 0 spiro atoms. The van der Waals surface area contributed by atoms with E-state index < -0.39 is 0 Å². The molecule has 0 aliphatic rings. The van der Waals surface area contributed by atoms with Crippen molar-refractivity contribution in [1.29, 1.82) is 0 Å². The number of nitrogens with two attached hydrogens (primary N) is 1. The van der Waals surface area contributed by atoms with Crippen LogP contribution < -0.4 is 11.1 Å². The van der Waals surface area contributed by atoms with E-state index in [1.165, 1.54) is 17.5 Å². The molecule has 0 saturated heterocycles. The van der Waals surface area contributed by atoms with E-state index in [-0.39, 0.29) is 11.6 Å². The van der Waals surface area contributed by atoms with E-state index in [2.05, 4.69) is 15.3 Å². The molecule has 5 nitrogen and oxygen atoms in total. The molecule has 3 aromatic rings. The van der Waals surface area contributed by atoms with Crippen molar-refractivity contribution >= 4 is 38.3 Å². The lowest BCUT2D eigenvalue weighted by atomic mass is 10.2. The van der Waals surface area contributed by atoms with Gasteiger partial charge in [-0.3, -0.25) is 10.1 Å².